The van der Waals surface area contributed by atoms with Crippen LogP contribution < -0.4 is 15.0 Å². The first-order valence-corrected chi connectivity index (χ1v) is 11.2. The molecule has 0 atom stereocenters. The van der Waals surface area contributed by atoms with Crippen molar-refractivity contribution in [3.8, 4) is 5.75 Å². The van der Waals surface area contributed by atoms with Crippen molar-refractivity contribution in [2.24, 2.45) is 0 Å². The van der Waals surface area contributed by atoms with Gasteiger partial charge >= 0.3 is 0 Å². The number of nitrogens with one attached hydrogen (secondary N) is 1. The third-order valence-electron chi connectivity index (χ3n) is 5.67. The number of carbonyl (C=O) groups is 2. The normalized spacial score (nSPS) is 13.2. The van der Waals surface area contributed by atoms with E-state index >= 15 is 0 Å². The Labute approximate surface area is 194 Å². The molecule has 0 saturated carbocycles. The van der Waals surface area contributed by atoms with Crippen LogP contribution in [0, 0.1) is 0 Å². The standard InChI is InChI=1S/C28H28N2O3/c1-20(2)23-11-8-22(9-12-23)10-15-27(31)29-24-13-14-26-25(18-24)30(28(32)19-33-26)17-16-21-6-4-3-5-7-21/h3-15,18,20H,16-17,19H2,1-2H3,(H,29,31)/b15-10+. The second-order valence-corrected chi connectivity index (χ2v) is 8.40. The molecule has 0 unspecified atom stereocenters. The van der Waals surface area contributed by atoms with Gasteiger partial charge < -0.3 is 15.0 Å². The third-order valence-corrected chi connectivity index (χ3v) is 5.67. The first kappa shape index (κ1) is 22.3. The molecule has 3 aromatic rings. The molecule has 0 spiro atoms. The summed E-state index contributed by atoms with van der Waals surface area (Å²) in [5, 5.41) is 2.88. The van der Waals surface area contributed by atoms with E-state index in [1.807, 2.05) is 42.5 Å². The molecule has 1 aliphatic heterocycles. The minimum Gasteiger partial charge on any atom is -0.482 e. The number of amides is 2. The van der Waals surface area contributed by atoms with Crippen molar-refractivity contribution in [3.63, 3.8) is 0 Å². The van der Waals surface area contributed by atoms with Crippen LogP contribution in [-0.4, -0.2) is 25.0 Å². The summed E-state index contributed by atoms with van der Waals surface area (Å²) in [6.45, 7) is 4.87. The van der Waals surface area contributed by atoms with Crippen LogP contribution in [0.25, 0.3) is 6.08 Å². The van der Waals surface area contributed by atoms with Gasteiger partial charge in [-0.1, -0.05) is 68.4 Å². The molecule has 0 radical (unpaired) electrons. The van der Waals surface area contributed by atoms with Gasteiger partial charge in [-0.05, 0) is 53.3 Å². The van der Waals surface area contributed by atoms with E-state index in [2.05, 4.69) is 31.3 Å². The predicted molar refractivity (Wildman–Crippen MR) is 133 cm³/mol. The van der Waals surface area contributed by atoms with Crippen LogP contribution >= 0.6 is 0 Å². The van der Waals surface area contributed by atoms with E-state index in [4.69, 9.17) is 4.74 Å². The van der Waals surface area contributed by atoms with E-state index in [9.17, 15) is 9.59 Å². The number of ether oxygens (including phenoxy) is 1. The Morgan fingerprint density at radius 1 is 1.06 bits per heavy atom. The molecule has 0 aliphatic carbocycles. The largest absolute Gasteiger partial charge is 0.482 e. The maximum atomic E-state index is 12.5. The minimum absolute atomic E-state index is 0.0197. The van der Waals surface area contributed by atoms with Crippen molar-refractivity contribution in [1.29, 1.82) is 0 Å². The zero-order chi connectivity index (χ0) is 23.2. The number of hydrogen-bond acceptors (Lipinski definition) is 3. The van der Waals surface area contributed by atoms with Gasteiger partial charge in [0.25, 0.3) is 5.91 Å². The third kappa shape index (κ3) is 5.69. The van der Waals surface area contributed by atoms with E-state index in [-0.39, 0.29) is 18.4 Å². The van der Waals surface area contributed by atoms with Crippen molar-refractivity contribution >= 4 is 29.3 Å². The molecule has 1 heterocycles. The second-order valence-electron chi connectivity index (χ2n) is 8.40. The summed E-state index contributed by atoms with van der Waals surface area (Å²) in [4.78, 5) is 26.7. The lowest BCUT2D eigenvalue weighted by Gasteiger charge is -2.30. The van der Waals surface area contributed by atoms with Gasteiger partial charge in [0, 0.05) is 18.3 Å². The van der Waals surface area contributed by atoms with Gasteiger partial charge in [0.2, 0.25) is 5.91 Å². The summed E-state index contributed by atoms with van der Waals surface area (Å²) in [5.41, 5.74) is 4.68. The summed E-state index contributed by atoms with van der Waals surface area (Å²) in [6.07, 6.45) is 4.04. The zero-order valence-corrected chi connectivity index (χ0v) is 19.0. The monoisotopic (exact) mass is 440 g/mol. The van der Waals surface area contributed by atoms with Crippen LogP contribution in [0.4, 0.5) is 11.4 Å². The highest BCUT2D eigenvalue weighted by molar-refractivity contribution is 6.03. The first-order chi connectivity index (χ1) is 16.0. The highest BCUT2D eigenvalue weighted by atomic mass is 16.5. The summed E-state index contributed by atoms with van der Waals surface area (Å²) < 4.78 is 5.59. The lowest BCUT2D eigenvalue weighted by molar-refractivity contribution is -0.121. The van der Waals surface area contributed by atoms with Gasteiger partial charge in [-0.3, -0.25) is 9.59 Å². The van der Waals surface area contributed by atoms with Crippen LogP contribution in [-0.2, 0) is 16.0 Å². The molecule has 5 heteroatoms. The summed E-state index contributed by atoms with van der Waals surface area (Å²) in [7, 11) is 0. The van der Waals surface area contributed by atoms with Gasteiger partial charge in [-0.15, -0.1) is 0 Å². The van der Waals surface area contributed by atoms with Crippen LogP contribution in [0.3, 0.4) is 0 Å². The molecule has 4 rings (SSSR count). The number of nitrogens with zero attached hydrogens (tertiary/aromatic N) is 1. The Morgan fingerprint density at radius 2 is 1.82 bits per heavy atom. The maximum absolute atomic E-state index is 12.5. The Balaban J connectivity index is 1.44. The van der Waals surface area contributed by atoms with Gasteiger partial charge in [0.05, 0.1) is 5.69 Å². The molecule has 5 nitrogen and oxygen atoms in total. The molecule has 0 fully saturated rings. The molecular formula is C28H28N2O3. The molecular weight excluding hydrogens is 412 g/mol. The van der Waals surface area contributed by atoms with Crippen LogP contribution in [0.1, 0.15) is 36.5 Å². The molecule has 0 aromatic heterocycles. The lowest BCUT2D eigenvalue weighted by atomic mass is 10.0. The van der Waals surface area contributed by atoms with Crippen molar-refractivity contribution in [2.75, 3.05) is 23.4 Å². The maximum Gasteiger partial charge on any atom is 0.265 e. The molecule has 3 aromatic carbocycles. The molecule has 0 bridgehead atoms. The fraction of sp³-hybridized carbons (Fsp3) is 0.214. The Kier molecular flexibility index (Phi) is 6.89. The van der Waals surface area contributed by atoms with E-state index in [0.717, 1.165) is 17.5 Å². The average molecular weight is 441 g/mol. The number of rotatable bonds is 7. The Bertz CT molecular complexity index is 1150. The predicted octanol–water partition coefficient (Wildman–Crippen LogP) is 5.43. The lowest BCUT2D eigenvalue weighted by Crippen LogP contribution is -2.40. The highest BCUT2D eigenvalue weighted by Crippen LogP contribution is 2.34. The minimum atomic E-state index is -0.234. The summed E-state index contributed by atoms with van der Waals surface area (Å²) in [6, 6.07) is 23.6. The van der Waals surface area contributed by atoms with Gasteiger partial charge in [0.1, 0.15) is 5.75 Å². The average Bonchev–Trinajstić information content (AvgIpc) is 2.83. The van der Waals surface area contributed by atoms with Crippen LogP contribution in [0.2, 0.25) is 0 Å². The summed E-state index contributed by atoms with van der Waals surface area (Å²) >= 11 is 0. The number of benzene rings is 3. The number of hydrogen-bond donors (Lipinski definition) is 1. The molecule has 0 saturated heterocycles. The van der Waals surface area contributed by atoms with Crippen molar-refractivity contribution in [1.82, 2.24) is 0 Å². The van der Waals surface area contributed by atoms with Gasteiger partial charge in [-0.25, -0.2) is 0 Å². The summed E-state index contributed by atoms with van der Waals surface area (Å²) in [5.74, 6) is 0.785. The topological polar surface area (TPSA) is 58.6 Å². The van der Waals surface area contributed by atoms with Crippen LogP contribution in [0.15, 0.2) is 78.9 Å². The van der Waals surface area contributed by atoms with Gasteiger partial charge in [0.15, 0.2) is 6.61 Å². The quantitative estimate of drug-likeness (QED) is 0.499. The van der Waals surface area contributed by atoms with Crippen LogP contribution in [0.5, 0.6) is 5.75 Å². The molecule has 33 heavy (non-hydrogen) atoms. The number of carbonyl (C=O) groups excluding carboxylic acids is 2. The zero-order valence-electron chi connectivity index (χ0n) is 19.0. The van der Waals surface area contributed by atoms with Crippen molar-refractivity contribution in [3.05, 3.63) is 95.6 Å². The van der Waals surface area contributed by atoms with Crippen molar-refractivity contribution in [2.45, 2.75) is 26.2 Å². The fourth-order valence-corrected chi connectivity index (χ4v) is 3.76. The smallest absolute Gasteiger partial charge is 0.265 e. The molecule has 168 valence electrons. The molecule has 2 amide bonds. The number of fused-ring (bicyclic) bond motifs is 1. The van der Waals surface area contributed by atoms with E-state index in [1.54, 1.807) is 29.2 Å². The molecule has 1 aliphatic rings. The fourth-order valence-electron chi connectivity index (χ4n) is 3.76. The number of anilines is 2. The Morgan fingerprint density at radius 3 is 2.55 bits per heavy atom. The second kappa shape index (κ2) is 10.2. The SMILES string of the molecule is CC(C)c1ccc(/C=C/C(=O)Nc2ccc3c(c2)N(CCc2ccccc2)C(=O)CO3)cc1. The van der Waals surface area contributed by atoms with Gasteiger partial charge in [-0.2, -0.15) is 0 Å². The van der Waals surface area contributed by atoms with E-state index in [1.165, 1.54) is 11.6 Å². The van der Waals surface area contributed by atoms with E-state index < -0.39 is 0 Å². The van der Waals surface area contributed by atoms with E-state index in [0.29, 0.717) is 29.6 Å². The van der Waals surface area contributed by atoms with Crippen molar-refractivity contribution < 1.29 is 14.3 Å². The Hall–Kier alpha value is -3.86. The molecule has 1 N–H and O–H groups in total. The highest BCUT2D eigenvalue weighted by Gasteiger charge is 2.25. The first-order valence-electron chi connectivity index (χ1n) is 11.2.